The van der Waals surface area contributed by atoms with Crippen molar-refractivity contribution in [1.82, 2.24) is 9.55 Å². The molecular weight excluding hydrogens is 252 g/mol. The summed E-state index contributed by atoms with van der Waals surface area (Å²) in [5, 5.41) is 3.39. The summed E-state index contributed by atoms with van der Waals surface area (Å²) < 4.78 is 1.70. The van der Waals surface area contributed by atoms with Crippen LogP contribution < -0.4 is 16.6 Å². The van der Waals surface area contributed by atoms with Gasteiger partial charge >= 0.3 is 0 Å². The zero-order valence-corrected chi connectivity index (χ0v) is 12.7. The van der Waals surface area contributed by atoms with Gasteiger partial charge in [0.1, 0.15) is 0 Å². The summed E-state index contributed by atoms with van der Waals surface area (Å²) in [4.78, 5) is 16.7. The third kappa shape index (κ3) is 2.73. The maximum absolute atomic E-state index is 12.4. The van der Waals surface area contributed by atoms with Crippen molar-refractivity contribution in [2.45, 2.75) is 58.0 Å². The van der Waals surface area contributed by atoms with Crippen molar-refractivity contribution in [1.29, 1.82) is 0 Å². The van der Waals surface area contributed by atoms with E-state index in [4.69, 9.17) is 5.73 Å². The molecule has 0 radical (unpaired) electrons. The Kier molecular flexibility index (Phi) is 4.48. The van der Waals surface area contributed by atoms with Gasteiger partial charge in [-0.1, -0.05) is 19.8 Å². The monoisotopic (exact) mass is 278 g/mol. The van der Waals surface area contributed by atoms with E-state index in [1.165, 1.54) is 6.42 Å². The molecule has 0 aromatic carbocycles. The first kappa shape index (κ1) is 15.0. The molecule has 5 heteroatoms. The van der Waals surface area contributed by atoms with Crippen molar-refractivity contribution in [2.75, 3.05) is 11.9 Å². The van der Waals surface area contributed by atoms with Gasteiger partial charge in [-0.2, -0.15) is 0 Å². The van der Waals surface area contributed by atoms with Crippen LogP contribution in [0.2, 0.25) is 0 Å². The fraction of sp³-hybridized carbons (Fsp3) is 0.733. The number of nitrogens with zero attached hydrogens (tertiary/aromatic N) is 2. The summed E-state index contributed by atoms with van der Waals surface area (Å²) >= 11 is 0. The first-order valence-electron chi connectivity index (χ1n) is 7.55. The Bertz CT molecular complexity index is 511. The first-order valence-corrected chi connectivity index (χ1v) is 7.55. The predicted molar refractivity (Wildman–Crippen MR) is 81.9 cm³/mol. The molecule has 0 bridgehead atoms. The minimum atomic E-state index is -0.194. The highest BCUT2D eigenvalue weighted by Crippen LogP contribution is 2.34. The van der Waals surface area contributed by atoms with Crippen LogP contribution in [-0.2, 0) is 0 Å². The molecule has 0 amide bonds. The molecule has 1 aromatic heterocycles. The molecule has 1 saturated carbocycles. The van der Waals surface area contributed by atoms with E-state index < -0.39 is 0 Å². The van der Waals surface area contributed by atoms with Gasteiger partial charge in [-0.3, -0.25) is 4.79 Å². The topological polar surface area (TPSA) is 72.9 Å². The van der Waals surface area contributed by atoms with Crippen molar-refractivity contribution in [3.63, 3.8) is 0 Å². The molecule has 2 atom stereocenters. The lowest BCUT2D eigenvalue weighted by molar-refractivity contribution is 0.234. The molecule has 1 fully saturated rings. The largest absolute Gasteiger partial charge is 0.358 e. The average molecular weight is 278 g/mol. The number of nitrogens with one attached hydrogen (secondary N) is 1. The molecule has 2 rings (SSSR count). The van der Waals surface area contributed by atoms with Crippen LogP contribution in [0.4, 0.5) is 5.82 Å². The molecule has 1 aliphatic rings. The molecule has 0 spiro atoms. The zero-order chi connectivity index (χ0) is 14.8. The normalized spacial score (nSPS) is 26.8. The van der Waals surface area contributed by atoms with Gasteiger partial charge in [-0.05, 0) is 32.6 Å². The van der Waals surface area contributed by atoms with Crippen molar-refractivity contribution in [2.24, 2.45) is 11.7 Å². The SMILES string of the molecule is CC(C)n1ccnc(NC2(CN)CCCCC2C)c1=O. The highest BCUT2D eigenvalue weighted by Gasteiger charge is 2.37. The third-order valence-electron chi connectivity index (χ3n) is 4.61. The Morgan fingerprint density at radius 2 is 2.30 bits per heavy atom. The van der Waals surface area contributed by atoms with Gasteiger partial charge in [-0.15, -0.1) is 0 Å². The van der Waals surface area contributed by atoms with Crippen LogP contribution in [0.25, 0.3) is 0 Å². The van der Waals surface area contributed by atoms with Gasteiger partial charge in [0.2, 0.25) is 0 Å². The predicted octanol–water partition coefficient (Wildman–Crippen LogP) is 2.14. The zero-order valence-electron chi connectivity index (χ0n) is 12.7. The molecule has 1 aliphatic carbocycles. The second-order valence-electron chi connectivity index (χ2n) is 6.21. The molecule has 3 N–H and O–H groups in total. The molecule has 5 nitrogen and oxygen atoms in total. The van der Waals surface area contributed by atoms with Crippen LogP contribution in [0.15, 0.2) is 17.2 Å². The van der Waals surface area contributed by atoms with Crippen molar-refractivity contribution < 1.29 is 0 Å². The standard InChI is InChI=1S/C15H26N4O/c1-11(2)19-9-8-17-13(14(19)20)18-15(10-16)7-5-4-6-12(15)3/h8-9,11-12H,4-7,10,16H2,1-3H3,(H,17,18). The molecular formula is C15H26N4O. The molecule has 20 heavy (non-hydrogen) atoms. The number of nitrogens with two attached hydrogens (primary N) is 1. The van der Waals surface area contributed by atoms with Gasteiger partial charge in [0, 0.05) is 25.0 Å². The Morgan fingerprint density at radius 3 is 2.90 bits per heavy atom. The lowest BCUT2D eigenvalue weighted by Gasteiger charge is -2.42. The number of rotatable bonds is 4. The minimum Gasteiger partial charge on any atom is -0.358 e. The Morgan fingerprint density at radius 1 is 1.55 bits per heavy atom. The van der Waals surface area contributed by atoms with E-state index in [0.29, 0.717) is 18.3 Å². The van der Waals surface area contributed by atoms with Crippen LogP contribution >= 0.6 is 0 Å². The fourth-order valence-corrected chi connectivity index (χ4v) is 3.11. The maximum Gasteiger partial charge on any atom is 0.293 e. The van der Waals surface area contributed by atoms with Crippen molar-refractivity contribution in [3.8, 4) is 0 Å². The maximum atomic E-state index is 12.4. The highest BCUT2D eigenvalue weighted by atomic mass is 16.1. The van der Waals surface area contributed by atoms with E-state index in [9.17, 15) is 4.79 Å². The van der Waals surface area contributed by atoms with Crippen LogP contribution in [0.3, 0.4) is 0 Å². The van der Waals surface area contributed by atoms with Gasteiger partial charge < -0.3 is 15.6 Å². The van der Waals surface area contributed by atoms with Crippen molar-refractivity contribution in [3.05, 3.63) is 22.7 Å². The van der Waals surface area contributed by atoms with Crippen molar-refractivity contribution >= 4 is 5.82 Å². The summed E-state index contributed by atoms with van der Waals surface area (Å²) in [5.74, 6) is 0.885. The lowest BCUT2D eigenvalue weighted by atomic mass is 9.73. The van der Waals surface area contributed by atoms with Crippen LogP contribution in [-0.4, -0.2) is 21.6 Å². The van der Waals surface area contributed by atoms with E-state index in [-0.39, 0.29) is 17.1 Å². The first-order chi connectivity index (χ1) is 9.50. The summed E-state index contributed by atoms with van der Waals surface area (Å²) in [6, 6.07) is 0.128. The number of hydrogen-bond acceptors (Lipinski definition) is 4. The highest BCUT2D eigenvalue weighted by molar-refractivity contribution is 5.36. The average Bonchev–Trinajstić information content (AvgIpc) is 2.43. The van der Waals surface area contributed by atoms with E-state index >= 15 is 0 Å². The van der Waals surface area contributed by atoms with Gasteiger partial charge in [-0.25, -0.2) is 4.98 Å². The quantitative estimate of drug-likeness (QED) is 0.885. The Balaban J connectivity index is 2.33. The van der Waals surface area contributed by atoms with Gasteiger partial charge in [0.15, 0.2) is 5.82 Å². The van der Waals surface area contributed by atoms with E-state index in [1.807, 2.05) is 13.8 Å². The minimum absolute atomic E-state index is 0.0619. The molecule has 1 aromatic rings. The second kappa shape index (κ2) is 5.95. The summed E-state index contributed by atoms with van der Waals surface area (Å²) in [5.41, 5.74) is 5.77. The van der Waals surface area contributed by atoms with E-state index in [1.54, 1.807) is 17.0 Å². The lowest BCUT2D eigenvalue weighted by Crippen LogP contribution is -2.53. The van der Waals surface area contributed by atoms with Crippen LogP contribution in [0.5, 0.6) is 0 Å². The summed E-state index contributed by atoms with van der Waals surface area (Å²) in [7, 11) is 0. The molecule has 0 aliphatic heterocycles. The van der Waals surface area contributed by atoms with E-state index in [0.717, 1.165) is 19.3 Å². The van der Waals surface area contributed by atoms with Crippen LogP contribution in [0, 0.1) is 5.92 Å². The summed E-state index contributed by atoms with van der Waals surface area (Å²) in [6.07, 6.45) is 7.96. The fourth-order valence-electron chi connectivity index (χ4n) is 3.11. The van der Waals surface area contributed by atoms with Gasteiger partial charge in [0.25, 0.3) is 5.56 Å². The van der Waals surface area contributed by atoms with E-state index in [2.05, 4.69) is 17.2 Å². The van der Waals surface area contributed by atoms with Crippen LogP contribution in [0.1, 0.15) is 52.5 Å². The Labute approximate surface area is 120 Å². The number of anilines is 1. The molecule has 1 heterocycles. The molecule has 0 saturated heterocycles. The van der Waals surface area contributed by atoms with Gasteiger partial charge in [0.05, 0.1) is 5.54 Å². The Hall–Kier alpha value is -1.36. The molecule has 112 valence electrons. The number of hydrogen-bond donors (Lipinski definition) is 2. The smallest absolute Gasteiger partial charge is 0.293 e. The second-order valence-corrected chi connectivity index (χ2v) is 6.21. The summed E-state index contributed by atoms with van der Waals surface area (Å²) in [6.45, 7) is 6.73. The number of aromatic nitrogens is 2. The third-order valence-corrected chi connectivity index (χ3v) is 4.61. The molecule has 2 unspecified atom stereocenters.